The Morgan fingerprint density at radius 2 is 1.68 bits per heavy atom. The molecule has 6 nitrogen and oxygen atoms in total. The monoisotopic (exact) mass is 414 g/mol. The molecule has 1 saturated heterocycles. The Morgan fingerprint density at radius 3 is 2.32 bits per heavy atom. The number of nitrogens with zero attached hydrogens (tertiary/aromatic N) is 2. The Balaban J connectivity index is 1.68. The Bertz CT molecular complexity index is 961. The highest BCUT2D eigenvalue weighted by atomic mass is 32.2. The molecule has 1 heterocycles. The van der Waals surface area contributed by atoms with Crippen molar-refractivity contribution in [1.82, 2.24) is 9.21 Å². The van der Waals surface area contributed by atoms with Gasteiger partial charge in [0.25, 0.3) is 5.91 Å². The Hall–Kier alpha value is -2.59. The van der Waals surface area contributed by atoms with Crippen LogP contribution in [-0.2, 0) is 10.0 Å². The van der Waals surface area contributed by atoms with Crippen LogP contribution >= 0.6 is 0 Å². The van der Waals surface area contributed by atoms with E-state index in [4.69, 9.17) is 0 Å². The second-order valence-corrected chi connectivity index (χ2v) is 7.94. The van der Waals surface area contributed by atoms with Gasteiger partial charge in [-0.1, -0.05) is 18.2 Å². The SMILES string of the molecule is O=C(c1cccc(OC(F)F)c1)N1CCN(S(=O)(=O)c2ccccc2F)CC1. The van der Waals surface area contributed by atoms with Gasteiger partial charge in [-0.25, -0.2) is 12.8 Å². The van der Waals surface area contributed by atoms with Gasteiger partial charge in [0.2, 0.25) is 10.0 Å². The first-order valence-corrected chi connectivity index (χ1v) is 9.82. The average molecular weight is 414 g/mol. The molecule has 28 heavy (non-hydrogen) atoms. The molecule has 1 amide bonds. The maximum absolute atomic E-state index is 13.9. The van der Waals surface area contributed by atoms with Gasteiger partial charge in [-0.15, -0.1) is 0 Å². The van der Waals surface area contributed by atoms with Crippen LogP contribution in [0.1, 0.15) is 10.4 Å². The van der Waals surface area contributed by atoms with E-state index in [0.29, 0.717) is 0 Å². The number of benzene rings is 2. The first-order chi connectivity index (χ1) is 13.3. The van der Waals surface area contributed by atoms with Crippen LogP contribution < -0.4 is 4.74 Å². The number of sulfonamides is 1. The number of piperazine rings is 1. The summed E-state index contributed by atoms with van der Waals surface area (Å²) in [6.45, 7) is -2.83. The fourth-order valence-electron chi connectivity index (χ4n) is 2.91. The molecule has 0 spiro atoms. The lowest BCUT2D eigenvalue weighted by Crippen LogP contribution is -2.50. The van der Waals surface area contributed by atoms with Crippen LogP contribution in [0.25, 0.3) is 0 Å². The normalized spacial score (nSPS) is 15.6. The minimum absolute atomic E-state index is 0.00433. The fourth-order valence-corrected chi connectivity index (χ4v) is 4.40. The quantitative estimate of drug-likeness (QED) is 0.754. The van der Waals surface area contributed by atoms with Crippen molar-refractivity contribution < 1.29 is 31.1 Å². The lowest BCUT2D eigenvalue weighted by Gasteiger charge is -2.34. The molecule has 0 unspecified atom stereocenters. The van der Waals surface area contributed by atoms with E-state index in [2.05, 4.69) is 4.74 Å². The van der Waals surface area contributed by atoms with Gasteiger partial charge in [0, 0.05) is 31.7 Å². The summed E-state index contributed by atoms with van der Waals surface area (Å²) in [5.41, 5.74) is 0.156. The lowest BCUT2D eigenvalue weighted by molar-refractivity contribution is -0.0499. The van der Waals surface area contributed by atoms with E-state index in [9.17, 15) is 26.4 Å². The molecule has 0 radical (unpaired) electrons. The third kappa shape index (κ3) is 4.28. The van der Waals surface area contributed by atoms with Crippen LogP contribution in [0.4, 0.5) is 13.2 Å². The van der Waals surface area contributed by atoms with Gasteiger partial charge < -0.3 is 9.64 Å². The Labute approximate surface area is 160 Å². The third-order valence-corrected chi connectivity index (χ3v) is 6.22. The highest BCUT2D eigenvalue weighted by Crippen LogP contribution is 2.22. The minimum atomic E-state index is -4.01. The number of hydrogen-bond donors (Lipinski definition) is 0. The molecule has 0 atom stereocenters. The number of ether oxygens (including phenoxy) is 1. The molecule has 1 aliphatic rings. The van der Waals surface area contributed by atoms with Crippen LogP contribution in [0, 0.1) is 5.82 Å². The van der Waals surface area contributed by atoms with Gasteiger partial charge >= 0.3 is 6.61 Å². The van der Waals surface area contributed by atoms with E-state index in [1.807, 2.05) is 0 Å². The molecule has 1 fully saturated rings. The molecule has 2 aromatic carbocycles. The minimum Gasteiger partial charge on any atom is -0.435 e. The van der Waals surface area contributed by atoms with Crippen LogP contribution in [0.15, 0.2) is 53.4 Å². The van der Waals surface area contributed by atoms with Crippen LogP contribution in [0.2, 0.25) is 0 Å². The molecular formula is C18H17F3N2O4S. The maximum atomic E-state index is 13.9. The predicted octanol–water partition coefficient (Wildman–Crippen LogP) is 2.57. The molecule has 2 aromatic rings. The smallest absolute Gasteiger partial charge is 0.387 e. The molecule has 0 aliphatic carbocycles. The summed E-state index contributed by atoms with van der Waals surface area (Å²) in [6.07, 6.45) is 0. The lowest BCUT2D eigenvalue weighted by atomic mass is 10.1. The van der Waals surface area contributed by atoms with Crippen molar-refractivity contribution in [2.75, 3.05) is 26.2 Å². The molecule has 0 bridgehead atoms. The van der Waals surface area contributed by atoms with Gasteiger partial charge in [-0.2, -0.15) is 13.1 Å². The summed E-state index contributed by atoms with van der Waals surface area (Å²) >= 11 is 0. The van der Waals surface area contributed by atoms with Crippen molar-refractivity contribution in [3.8, 4) is 5.75 Å². The van der Waals surface area contributed by atoms with Crippen LogP contribution in [0.3, 0.4) is 0 Å². The van der Waals surface area contributed by atoms with E-state index in [1.165, 1.54) is 47.4 Å². The number of carbonyl (C=O) groups excluding carboxylic acids is 1. The summed E-state index contributed by atoms with van der Waals surface area (Å²) in [4.78, 5) is 13.6. The molecule has 0 aromatic heterocycles. The number of amides is 1. The maximum Gasteiger partial charge on any atom is 0.387 e. The van der Waals surface area contributed by atoms with Gasteiger partial charge in [0.1, 0.15) is 16.5 Å². The molecule has 0 N–H and O–H groups in total. The summed E-state index contributed by atoms with van der Waals surface area (Å²) in [5, 5.41) is 0. The summed E-state index contributed by atoms with van der Waals surface area (Å²) in [5.74, 6) is -1.40. The molecule has 1 aliphatic heterocycles. The number of rotatable bonds is 5. The largest absolute Gasteiger partial charge is 0.435 e. The second kappa shape index (κ2) is 8.19. The summed E-state index contributed by atoms with van der Waals surface area (Å²) < 4.78 is 69.1. The van der Waals surface area contributed by atoms with Crippen molar-refractivity contribution in [2.45, 2.75) is 11.5 Å². The molecule has 10 heteroatoms. The predicted molar refractivity (Wildman–Crippen MR) is 94.1 cm³/mol. The Morgan fingerprint density at radius 1 is 1.00 bits per heavy atom. The zero-order valence-corrected chi connectivity index (χ0v) is 15.4. The first-order valence-electron chi connectivity index (χ1n) is 8.38. The van der Waals surface area contributed by atoms with Crippen molar-refractivity contribution in [2.24, 2.45) is 0 Å². The van der Waals surface area contributed by atoms with Crippen LogP contribution in [-0.4, -0.2) is 56.3 Å². The molecular weight excluding hydrogens is 397 g/mol. The summed E-state index contributed by atoms with van der Waals surface area (Å²) in [7, 11) is -4.01. The standard InChI is InChI=1S/C18H17F3N2O4S/c19-15-6-1-2-7-16(15)28(25,26)23-10-8-22(9-11-23)17(24)13-4-3-5-14(12-13)27-18(20)21/h1-7,12,18H,8-11H2. The third-order valence-electron chi connectivity index (χ3n) is 4.29. The van der Waals surface area contributed by atoms with E-state index in [-0.39, 0.29) is 37.5 Å². The average Bonchev–Trinajstić information content (AvgIpc) is 2.67. The molecule has 0 saturated carbocycles. The van der Waals surface area contributed by atoms with Gasteiger partial charge in [-0.3, -0.25) is 4.79 Å². The van der Waals surface area contributed by atoms with E-state index >= 15 is 0 Å². The van der Waals surface area contributed by atoms with Crippen LogP contribution in [0.5, 0.6) is 5.75 Å². The topological polar surface area (TPSA) is 66.9 Å². The van der Waals surface area contributed by atoms with E-state index < -0.39 is 33.3 Å². The number of alkyl halides is 2. The molecule has 3 rings (SSSR count). The van der Waals surface area contributed by atoms with E-state index in [1.54, 1.807) is 0 Å². The first kappa shape index (κ1) is 20.2. The fraction of sp³-hybridized carbons (Fsp3) is 0.278. The van der Waals surface area contributed by atoms with Crippen molar-refractivity contribution in [3.63, 3.8) is 0 Å². The number of hydrogen-bond acceptors (Lipinski definition) is 4. The zero-order valence-electron chi connectivity index (χ0n) is 14.6. The van der Waals surface area contributed by atoms with Gasteiger partial charge in [-0.05, 0) is 30.3 Å². The highest BCUT2D eigenvalue weighted by Gasteiger charge is 2.32. The molecule has 150 valence electrons. The van der Waals surface area contributed by atoms with Crippen molar-refractivity contribution in [3.05, 3.63) is 59.9 Å². The van der Waals surface area contributed by atoms with E-state index in [0.717, 1.165) is 10.4 Å². The number of halogens is 3. The Kier molecular flexibility index (Phi) is 5.90. The summed E-state index contributed by atoms with van der Waals surface area (Å²) in [6, 6.07) is 10.5. The van der Waals surface area contributed by atoms with Gasteiger partial charge in [0.05, 0.1) is 0 Å². The highest BCUT2D eigenvalue weighted by molar-refractivity contribution is 7.89. The van der Waals surface area contributed by atoms with Gasteiger partial charge in [0.15, 0.2) is 0 Å². The van der Waals surface area contributed by atoms with Crippen molar-refractivity contribution in [1.29, 1.82) is 0 Å². The second-order valence-electron chi connectivity index (χ2n) is 6.03. The number of carbonyl (C=O) groups is 1. The zero-order chi connectivity index (χ0) is 20.3. The van der Waals surface area contributed by atoms with Crippen molar-refractivity contribution >= 4 is 15.9 Å².